The fourth-order valence-electron chi connectivity index (χ4n) is 4.93. The molecule has 190 valence electrons. The van der Waals surface area contributed by atoms with E-state index in [1.54, 1.807) is 0 Å². The molecule has 0 amide bonds. The van der Waals surface area contributed by atoms with Crippen LogP contribution >= 0.6 is 0 Å². The Hall–Kier alpha value is -4.11. The summed E-state index contributed by atoms with van der Waals surface area (Å²) in [7, 11) is -2.82. The molecule has 2 aromatic heterocycles. The van der Waals surface area contributed by atoms with Crippen LogP contribution < -0.4 is 18.6 Å². The van der Waals surface area contributed by atoms with Crippen LogP contribution in [0.15, 0.2) is 114 Å². The zero-order valence-corrected chi connectivity index (χ0v) is 21.5. The number of hydrogen-bond acceptors (Lipinski definition) is 5. The van der Waals surface area contributed by atoms with E-state index in [0.29, 0.717) is 0 Å². The zero-order valence-electron chi connectivity index (χ0n) is 20.7. The number of benzene rings is 3. The highest BCUT2D eigenvalue weighted by atomic mass is 35.7. The predicted octanol–water partition coefficient (Wildman–Crippen LogP) is 2.06. The highest BCUT2D eigenvalue weighted by Crippen LogP contribution is 2.39. The SMILES string of the molecule is Cc1c(-c2ccccc2)c(/N=C2/C(c3ccccc3)=[N+](C)c3ccccc32)n2ccccc12.[O-][Cl+3]([O-])([O-])[O-]. The molecule has 3 heterocycles. The maximum Gasteiger partial charge on any atom is 0.239 e. The molecule has 38 heavy (non-hydrogen) atoms. The molecular formula is C30H24ClN3O4. The molecule has 3 aromatic carbocycles. The summed E-state index contributed by atoms with van der Waals surface area (Å²) in [6, 6.07) is 36.0. The van der Waals surface area contributed by atoms with Crippen LogP contribution in [-0.2, 0) is 0 Å². The highest BCUT2D eigenvalue weighted by molar-refractivity contribution is 6.54. The lowest BCUT2D eigenvalue weighted by molar-refractivity contribution is -2.00. The number of pyridine rings is 1. The molecule has 0 atom stereocenters. The second kappa shape index (κ2) is 10.3. The van der Waals surface area contributed by atoms with Crippen LogP contribution in [0.5, 0.6) is 0 Å². The van der Waals surface area contributed by atoms with Gasteiger partial charge in [0.15, 0.2) is 5.71 Å². The number of para-hydroxylation sites is 1. The predicted molar refractivity (Wildman–Crippen MR) is 137 cm³/mol. The van der Waals surface area contributed by atoms with Crippen LogP contribution in [0.1, 0.15) is 16.7 Å². The number of aryl methyl sites for hydroxylation is 1. The van der Waals surface area contributed by atoms with Crippen LogP contribution in [0.2, 0.25) is 0 Å². The van der Waals surface area contributed by atoms with E-state index in [2.05, 4.69) is 132 Å². The van der Waals surface area contributed by atoms with Gasteiger partial charge in [0.1, 0.15) is 12.9 Å². The molecule has 0 saturated carbocycles. The molecule has 5 aromatic rings. The van der Waals surface area contributed by atoms with Gasteiger partial charge in [-0.2, -0.15) is 4.58 Å². The molecule has 7 nitrogen and oxygen atoms in total. The van der Waals surface area contributed by atoms with Gasteiger partial charge in [-0.15, -0.1) is 10.2 Å². The van der Waals surface area contributed by atoms with E-state index in [1.807, 2.05) is 0 Å². The average Bonchev–Trinajstić information content (AvgIpc) is 3.35. The first-order valence-corrected chi connectivity index (χ1v) is 13.1. The molecule has 0 unspecified atom stereocenters. The maximum atomic E-state index is 8.49. The molecule has 0 saturated heterocycles. The summed E-state index contributed by atoms with van der Waals surface area (Å²) in [6.45, 7) is 2.19. The lowest BCUT2D eigenvalue weighted by Gasteiger charge is -2.17. The first-order valence-electron chi connectivity index (χ1n) is 11.9. The Bertz CT molecular complexity index is 1660. The Morgan fingerprint density at radius 3 is 1.92 bits per heavy atom. The van der Waals surface area contributed by atoms with Gasteiger partial charge in [0, 0.05) is 23.4 Å². The van der Waals surface area contributed by atoms with E-state index in [4.69, 9.17) is 23.6 Å². The van der Waals surface area contributed by atoms with E-state index in [0.717, 1.165) is 28.4 Å². The summed E-state index contributed by atoms with van der Waals surface area (Å²) < 4.78 is 38.4. The number of fused-ring (bicyclic) bond motifs is 2. The number of aromatic nitrogens is 1. The summed E-state index contributed by atoms with van der Waals surface area (Å²) in [5, 5.41) is 0. The third-order valence-corrected chi connectivity index (χ3v) is 6.48. The molecule has 1 aliphatic heterocycles. The second-order valence-electron chi connectivity index (χ2n) is 8.77. The molecule has 8 heteroatoms. The molecule has 0 radical (unpaired) electrons. The molecular weight excluding hydrogens is 502 g/mol. The minimum atomic E-state index is -4.94. The van der Waals surface area contributed by atoms with Crippen LogP contribution in [-0.4, -0.2) is 27.4 Å². The molecule has 0 bridgehead atoms. The van der Waals surface area contributed by atoms with E-state index in [9.17, 15) is 0 Å². The van der Waals surface area contributed by atoms with E-state index in [-0.39, 0.29) is 0 Å². The number of nitrogens with zero attached hydrogens (tertiary/aromatic N) is 3. The van der Waals surface area contributed by atoms with E-state index >= 15 is 0 Å². The highest BCUT2D eigenvalue weighted by Gasteiger charge is 2.35. The van der Waals surface area contributed by atoms with Gasteiger partial charge >= 0.3 is 0 Å². The van der Waals surface area contributed by atoms with Crippen molar-refractivity contribution in [1.29, 1.82) is 0 Å². The minimum absolute atomic E-state index is 0.961. The van der Waals surface area contributed by atoms with Gasteiger partial charge in [0.25, 0.3) is 0 Å². The third-order valence-electron chi connectivity index (χ3n) is 6.48. The average molecular weight is 526 g/mol. The summed E-state index contributed by atoms with van der Waals surface area (Å²) in [4.78, 5) is 5.43. The molecule has 0 aliphatic carbocycles. The molecule has 6 rings (SSSR count). The summed E-state index contributed by atoms with van der Waals surface area (Å²) in [6.07, 6.45) is 2.11. The lowest BCUT2D eigenvalue weighted by Crippen LogP contribution is -2.68. The van der Waals surface area contributed by atoms with Gasteiger partial charge in [-0.25, -0.2) is 23.6 Å². The van der Waals surface area contributed by atoms with Crippen molar-refractivity contribution < 1.29 is 33.5 Å². The Labute approximate surface area is 222 Å². The van der Waals surface area contributed by atoms with Gasteiger partial charge in [-0.3, -0.25) is 0 Å². The quantitative estimate of drug-likeness (QED) is 0.335. The van der Waals surface area contributed by atoms with Gasteiger partial charge in [0.05, 0.1) is 11.1 Å². The topological polar surface area (TPSA) is 112 Å². The van der Waals surface area contributed by atoms with Crippen molar-refractivity contribution in [2.45, 2.75) is 6.92 Å². The molecule has 0 spiro atoms. The monoisotopic (exact) mass is 525 g/mol. The summed E-state index contributed by atoms with van der Waals surface area (Å²) >= 11 is 0. The van der Waals surface area contributed by atoms with Crippen molar-refractivity contribution in [3.05, 3.63) is 126 Å². The van der Waals surface area contributed by atoms with Crippen LogP contribution in [0.4, 0.5) is 11.5 Å². The van der Waals surface area contributed by atoms with Crippen LogP contribution in [0.3, 0.4) is 0 Å². The van der Waals surface area contributed by atoms with Gasteiger partial charge in [0.2, 0.25) is 11.4 Å². The second-order valence-corrected chi connectivity index (χ2v) is 9.53. The molecule has 0 N–H and O–H groups in total. The Kier molecular flexibility index (Phi) is 6.94. The largest absolute Gasteiger partial charge is 0.301 e. The van der Waals surface area contributed by atoms with E-state index < -0.39 is 10.2 Å². The smallest absolute Gasteiger partial charge is 0.239 e. The number of hydrogen-bond donors (Lipinski definition) is 0. The van der Waals surface area contributed by atoms with Gasteiger partial charge < -0.3 is 4.40 Å². The first-order chi connectivity index (χ1) is 18.2. The van der Waals surface area contributed by atoms with Crippen molar-refractivity contribution in [2.24, 2.45) is 4.99 Å². The van der Waals surface area contributed by atoms with Crippen LogP contribution in [0.25, 0.3) is 16.6 Å². The molecule has 0 fully saturated rings. The van der Waals surface area contributed by atoms with E-state index in [1.165, 1.54) is 27.9 Å². The number of rotatable bonds is 3. The van der Waals surface area contributed by atoms with Crippen molar-refractivity contribution >= 4 is 28.4 Å². The Balaban J connectivity index is 0.000000540. The van der Waals surface area contributed by atoms with Gasteiger partial charge in [-0.1, -0.05) is 66.7 Å². The summed E-state index contributed by atoms with van der Waals surface area (Å²) in [5.74, 6) is 0.961. The standard InChI is InChI=1S/C30H24N3.ClHO4/c1-21-25-18-11-12-20-33(25)30(27(21)22-13-5-3-6-14-22)31-28-24-17-9-10-19-26(24)32(2)29(28)23-15-7-4-8-16-23;2-1(3,4)5/h3-20H,1-2H3;(H,2,3,4,5)/q+1;/p-1. The number of halogens is 1. The third kappa shape index (κ3) is 5.02. The minimum Gasteiger partial charge on any atom is -0.301 e. The lowest BCUT2D eigenvalue weighted by atomic mass is 10.0. The fourth-order valence-corrected chi connectivity index (χ4v) is 4.93. The van der Waals surface area contributed by atoms with Gasteiger partial charge in [-0.05, 0) is 48.4 Å². The zero-order chi connectivity index (χ0) is 26.9. The number of aliphatic imine (C=N–C) groups is 1. The van der Waals surface area contributed by atoms with Crippen molar-refractivity contribution in [2.75, 3.05) is 7.05 Å². The first kappa shape index (κ1) is 25.5. The Morgan fingerprint density at radius 2 is 1.26 bits per heavy atom. The normalized spacial score (nSPS) is 14.0. The van der Waals surface area contributed by atoms with Crippen molar-refractivity contribution in [1.82, 2.24) is 4.40 Å². The van der Waals surface area contributed by atoms with Crippen molar-refractivity contribution in [3.8, 4) is 11.1 Å². The fraction of sp³-hybridized carbons (Fsp3) is 0.0667. The molecule has 1 aliphatic rings. The Morgan fingerprint density at radius 1 is 0.711 bits per heavy atom. The van der Waals surface area contributed by atoms with Crippen molar-refractivity contribution in [3.63, 3.8) is 0 Å². The maximum absolute atomic E-state index is 8.49. The summed E-state index contributed by atoms with van der Waals surface area (Å²) in [5.41, 5.74) is 10.4. The van der Waals surface area contributed by atoms with Crippen LogP contribution in [0, 0.1) is 17.2 Å².